The minimum absolute atomic E-state index is 0.471. The molecule has 51 heavy (non-hydrogen) atoms. The van der Waals surface area contributed by atoms with E-state index in [1.165, 1.54) is 11.1 Å². The summed E-state index contributed by atoms with van der Waals surface area (Å²) in [7, 11) is -2.44. The summed E-state index contributed by atoms with van der Waals surface area (Å²) in [4.78, 5) is 4.13. The molecule has 0 aliphatic rings. The summed E-state index contributed by atoms with van der Waals surface area (Å²) in [5.41, 5.74) is 2.03. The average Bonchev–Trinajstić information content (AvgIpc) is 3.14. The van der Waals surface area contributed by atoms with Gasteiger partial charge in [-0.1, -0.05) is 113 Å². The first-order valence-electron chi connectivity index (χ1n) is 15.6. The number of nitrogens with zero attached hydrogens (tertiary/aromatic N) is 1. The zero-order valence-corrected chi connectivity index (χ0v) is 27.7. The zero-order valence-electron chi connectivity index (χ0n) is 26.8. The van der Waals surface area contributed by atoms with Gasteiger partial charge in [0.2, 0.25) is 0 Å². The first kappa shape index (κ1) is 37.0. The van der Waals surface area contributed by atoms with Crippen molar-refractivity contribution in [1.82, 2.24) is 0 Å². The first-order valence-corrected chi connectivity index (χ1v) is 17.4. The van der Waals surface area contributed by atoms with Crippen LogP contribution in [0.25, 0.3) is 0 Å². The van der Waals surface area contributed by atoms with Crippen LogP contribution >= 0.6 is 0 Å². The number of benzene rings is 6. The lowest BCUT2D eigenvalue weighted by molar-refractivity contribution is 0.377. The highest BCUT2D eigenvalue weighted by molar-refractivity contribution is 8.02. The Kier molecular flexibility index (Phi) is 11.8. The van der Waals surface area contributed by atoms with E-state index in [1.807, 2.05) is 60.7 Å². The van der Waals surface area contributed by atoms with E-state index in [0.29, 0.717) is 5.75 Å². The van der Waals surface area contributed by atoms with Crippen molar-refractivity contribution >= 4 is 28.1 Å². The third-order valence-electron chi connectivity index (χ3n) is 7.92. The number of rotatable bonds is 10. The van der Waals surface area contributed by atoms with Crippen LogP contribution < -0.4 is 10.4 Å². The maximum atomic E-state index is 14.4. The normalized spacial score (nSPS) is 11.5. The molecule has 2 nitrogen and oxygen atoms in total. The van der Waals surface area contributed by atoms with Gasteiger partial charge in [0.05, 0.1) is 0 Å². The molecule has 0 aromatic heterocycles. The monoisotopic (exact) mass is 723 g/mol. The number of anilines is 1. The fourth-order valence-corrected chi connectivity index (χ4v) is 7.84. The highest BCUT2D eigenvalue weighted by Gasteiger charge is 2.38. The molecule has 0 spiro atoms. The van der Waals surface area contributed by atoms with Gasteiger partial charge >= 0.3 is 6.98 Å². The lowest BCUT2D eigenvalue weighted by Gasteiger charge is -2.25. The number of hydrogen-bond acceptors (Lipinski definition) is 2. The second-order valence-electron chi connectivity index (χ2n) is 11.5. The molecule has 0 aliphatic carbocycles. The van der Waals surface area contributed by atoms with Crippen molar-refractivity contribution in [3.05, 3.63) is 191 Å². The standard InChI is InChI=1S/C33H30NOS.C6BF8/c35-36(32-17-9-3-10-18-32,33-19-11-4-12-20-33)27-30-21-23-31(24-22-30)34(25-28-13-5-1-6-14-28)26-29-15-7-2-8-16-29;8-2-1(7(13,14)15)3(9)5(11)6(12)4(2)10/h1-24H,25-27H2;/q+1;-1. The van der Waals surface area contributed by atoms with Gasteiger partial charge in [0.25, 0.3) is 0 Å². The van der Waals surface area contributed by atoms with Crippen LogP contribution in [0.15, 0.2) is 155 Å². The molecule has 0 N–H and O–H groups in total. The molecule has 0 bridgehead atoms. The van der Waals surface area contributed by atoms with Gasteiger partial charge < -0.3 is 17.8 Å². The van der Waals surface area contributed by atoms with Crippen molar-refractivity contribution in [3.8, 4) is 0 Å². The van der Waals surface area contributed by atoms with Crippen LogP contribution in [-0.2, 0) is 33.0 Å². The van der Waals surface area contributed by atoms with E-state index in [4.69, 9.17) is 0 Å². The largest absolute Gasteiger partial charge is 0.515 e. The summed E-state index contributed by atoms with van der Waals surface area (Å²) in [6.45, 7) is -4.67. The fourth-order valence-electron chi connectivity index (χ4n) is 5.38. The van der Waals surface area contributed by atoms with E-state index in [-0.39, 0.29) is 0 Å². The van der Waals surface area contributed by atoms with Gasteiger partial charge in [-0.05, 0) is 53.0 Å². The molecule has 0 amide bonds. The molecule has 262 valence electrons. The lowest BCUT2D eigenvalue weighted by atomic mass is 9.79. The third kappa shape index (κ3) is 8.93. The van der Waals surface area contributed by atoms with Gasteiger partial charge in [-0.3, -0.25) is 0 Å². The van der Waals surface area contributed by atoms with E-state index >= 15 is 0 Å². The van der Waals surface area contributed by atoms with Gasteiger partial charge in [-0.15, -0.1) is 0 Å². The van der Waals surface area contributed by atoms with E-state index in [1.54, 1.807) is 0 Å². The molecule has 0 heterocycles. The van der Waals surface area contributed by atoms with Crippen LogP contribution in [0.5, 0.6) is 0 Å². The number of hydrogen-bond donors (Lipinski definition) is 0. The molecule has 0 saturated heterocycles. The second kappa shape index (κ2) is 16.2. The maximum absolute atomic E-state index is 14.4. The molecule has 6 aromatic rings. The summed E-state index contributed by atoms with van der Waals surface area (Å²) in [6.07, 6.45) is 0. The Bertz CT molecular complexity index is 1970. The molecular formula is C39H30BF8NOS. The molecule has 6 aromatic carbocycles. The van der Waals surface area contributed by atoms with Crippen molar-refractivity contribution in [2.24, 2.45) is 0 Å². The second-order valence-corrected chi connectivity index (χ2v) is 14.1. The van der Waals surface area contributed by atoms with Gasteiger partial charge in [-0.25, -0.2) is 22.0 Å². The Labute approximate surface area is 291 Å². The van der Waals surface area contributed by atoms with Crippen LogP contribution in [0.1, 0.15) is 16.7 Å². The topological polar surface area (TPSA) is 20.3 Å². The van der Waals surface area contributed by atoms with Crippen LogP contribution in [0.4, 0.5) is 40.6 Å². The Morgan fingerprint density at radius 3 is 1.18 bits per heavy atom. The van der Waals surface area contributed by atoms with Crippen molar-refractivity contribution < 1.29 is 39.1 Å². The molecule has 0 aliphatic heterocycles. The Hall–Kier alpha value is -5.23. The van der Waals surface area contributed by atoms with E-state index < -0.39 is 51.5 Å². The molecule has 12 heteroatoms. The Balaban J connectivity index is 0.000000283. The minimum Gasteiger partial charge on any atom is -0.445 e. The molecule has 0 fully saturated rings. The summed E-state index contributed by atoms with van der Waals surface area (Å²) in [6, 6.07) is 49.4. The SMILES string of the molecule is Fc1c(F)c(F)c([B-](F)(F)F)c(F)c1F.O=[S+](Cc1ccc(N(Cc2ccccc2)Cc2ccccc2)cc1)(c1ccccc1)c1ccccc1. The smallest absolute Gasteiger partial charge is 0.445 e. The minimum atomic E-state index is -6.30. The predicted octanol–water partition coefficient (Wildman–Crippen LogP) is 10.4. The average molecular weight is 724 g/mol. The molecule has 0 radical (unpaired) electrons. The van der Waals surface area contributed by atoms with Crippen molar-refractivity contribution in [1.29, 1.82) is 0 Å². The summed E-state index contributed by atoms with van der Waals surface area (Å²) >= 11 is 0. The Morgan fingerprint density at radius 2 is 0.804 bits per heavy atom. The number of halogens is 8. The van der Waals surface area contributed by atoms with E-state index in [0.717, 1.165) is 34.1 Å². The summed E-state index contributed by atoms with van der Waals surface area (Å²) in [5, 5.41) is 0. The summed E-state index contributed by atoms with van der Waals surface area (Å²) in [5.74, 6) is -13.1. The van der Waals surface area contributed by atoms with Crippen molar-refractivity contribution in [2.45, 2.75) is 28.6 Å². The van der Waals surface area contributed by atoms with Crippen LogP contribution in [0.3, 0.4) is 0 Å². The van der Waals surface area contributed by atoms with E-state index in [9.17, 15) is 39.1 Å². The van der Waals surface area contributed by atoms with Crippen molar-refractivity contribution in [3.63, 3.8) is 0 Å². The lowest BCUT2D eigenvalue weighted by Crippen LogP contribution is -2.41. The quantitative estimate of drug-likeness (QED) is 0.0461. The zero-order chi connectivity index (χ0) is 36.6. The van der Waals surface area contributed by atoms with Crippen LogP contribution in [-0.4, -0.2) is 6.98 Å². The molecule has 0 saturated carbocycles. The Morgan fingerprint density at radius 1 is 0.451 bits per heavy atom. The molecule has 0 unspecified atom stereocenters. The van der Waals surface area contributed by atoms with Gasteiger partial charge in [0.15, 0.2) is 37.2 Å². The fraction of sp³-hybridized carbons (Fsp3) is 0.0769. The van der Waals surface area contributed by atoms with E-state index in [2.05, 4.69) is 89.8 Å². The maximum Gasteiger partial charge on any atom is 0.515 e. The highest BCUT2D eigenvalue weighted by Crippen LogP contribution is 2.33. The third-order valence-corrected chi connectivity index (χ3v) is 10.7. The summed E-state index contributed by atoms with van der Waals surface area (Å²) < 4.78 is 112. The highest BCUT2D eigenvalue weighted by atomic mass is 32.2. The van der Waals surface area contributed by atoms with Crippen LogP contribution in [0, 0.1) is 29.1 Å². The van der Waals surface area contributed by atoms with Crippen molar-refractivity contribution in [2.75, 3.05) is 4.90 Å². The van der Waals surface area contributed by atoms with Gasteiger partial charge in [-0.2, -0.15) is 0 Å². The van der Waals surface area contributed by atoms with Crippen LogP contribution in [0.2, 0.25) is 0 Å². The molecule has 0 atom stereocenters. The predicted molar refractivity (Wildman–Crippen MR) is 185 cm³/mol. The molecular weight excluding hydrogens is 693 g/mol. The van der Waals surface area contributed by atoms with Gasteiger partial charge in [0, 0.05) is 24.3 Å². The van der Waals surface area contributed by atoms with Gasteiger partial charge in [0.1, 0.15) is 17.4 Å². The first-order chi connectivity index (χ1) is 24.4. The molecule has 6 rings (SSSR count).